The van der Waals surface area contributed by atoms with E-state index < -0.39 is 0 Å². The van der Waals surface area contributed by atoms with Gasteiger partial charge < -0.3 is 9.64 Å². The molecule has 1 saturated heterocycles. The largest absolute Gasteiger partial charge is 0.381 e. The minimum atomic E-state index is 0.142. The zero-order valence-electron chi connectivity index (χ0n) is 9.69. The molecule has 3 heteroatoms. The van der Waals surface area contributed by atoms with Crippen LogP contribution in [0.15, 0.2) is 0 Å². The van der Waals surface area contributed by atoms with Gasteiger partial charge in [-0.15, -0.1) is 0 Å². The first-order valence-electron chi connectivity index (χ1n) is 5.95. The monoisotopic (exact) mass is 209 g/mol. The number of nitrogens with zero attached hydrogens (tertiary/aromatic N) is 1. The first-order valence-corrected chi connectivity index (χ1v) is 5.95. The topological polar surface area (TPSA) is 29.5 Å². The maximum Gasteiger partial charge on any atom is 0.225 e. The molecular formula is C12H19NO2. The molecule has 2 aliphatic carbocycles. The molecule has 4 unspecified atom stereocenters. The van der Waals surface area contributed by atoms with Gasteiger partial charge in [-0.3, -0.25) is 4.79 Å². The lowest BCUT2D eigenvalue weighted by molar-refractivity contribution is -0.138. The summed E-state index contributed by atoms with van der Waals surface area (Å²) in [5.74, 6) is 0.488. The molecule has 0 aromatic carbocycles. The number of likely N-dealkylation sites (tertiary alicyclic amines) is 1. The van der Waals surface area contributed by atoms with Gasteiger partial charge in [0, 0.05) is 30.5 Å². The third-order valence-corrected chi connectivity index (χ3v) is 4.58. The molecule has 0 aromatic heterocycles. The zero-order chi connectivity index (χ0) is 10.8. The van der Waals surface area contributed by atoms with Crippen LogP contribution in [0.4, 0.5) is 0 Å². The summed E-state index contributed by atoms with van der Waals surface area (Å²) in [6, 6.07) is 0.986. The maximum atomic E-state index is 12.0. The minimum absolute atomic E-state index is 0.142. The van der Waals surface area contributed by atoms with Gasteiger partial charge in [0.15, 0.2) is 0 Å². The van der Waals surface area contributed by atoms with E-state index in [1.54, 1.807) is 0 Å². The maximum absolute atomic E-state index is 12.0. The molecular weight excluding hydrogens is 190 g/mol. The highest BCUT2D eigenvalue weighted by Gasteiger charge is 2.73. The van der Waals surface area contributed by atoms with Crippen LogP contribution >= 0.6 is 0 Å². The molecule has 3 rings (SSSR count). The molecule has 2 bridgehead atoms. The van der Waals surface area contributed by atoms with E-state index in [1.165, 1.54) is 12.8 Å². The molecule has 0 radical (unpaired) electrons. The van der Waals surface area contributed by atoms with Crippen LogP contribution < -0.4 is 0 Å². The van der Waals surface area contributed by atoms with Crippen molar-refractivity contribution in [1.82, 2.24) is 4.90 Å². The molecule has 3 nitrogen and oxygen atoms in total. The lowest BCUT2D eigenvalue weighted by Crippen LogP contribution is -2.44. The summed E-state index contributed by atoms with van der Waals surface area (Å²) in [7, 11) is 1.81. The van der Waals surface area contributed by atoms with E-state index in [1.807, 2.05) is 21.0 Å². The van der Waals surface area contributed by atoms with Gasteiger partial charge in [-0.2, -0.15) is 0 Å². The average molecular weight is 209 g/mol. The molecule has 3 fully saturated rings. The Hall–Kier alpha value is -0.570. The first-order chi connectivity index (χ1) is 7.10. The van der Waals surface area contributed by atoms with E-state index in [4.69, 9.17) is 4.74 Å². The Morgan fingerprint density at radius 1 is 1.47 bits per heavy atom. The van der Waals surface area contributed by atoms with Crippen LogP contribution in [0.2, 0.25) is 0 Å². The summed E-state index contributed by atoms with van der Waals surface area (Å²) in [6.07, 6.45) is 3.85. The molecule has 1 spiro atoms. The van der Waals surface area contributed by atoms with Crippen molar-refractivity contribution >= 4 is 5.91 Å². The second-order valence-corrected chi connectivity index (χ2v) is 5.67. The number of hydrogen-bond donors (Lipinski definition) is 0. The fraction of sp³-hybridized carbons (Fsp3) is 0.917. The molecule has 15 heavy (non-hydrogen) atoms. The molecule has 3 aliphatic rings. The van der Waals surface area contributed by atoms with Gasteiger partial charge in [0.05, 0.1) is 6.10 Å². The molecule has 84 valence electrons. The SMILES string of the molecule is COC1CC2CC13CC3N2C(=O)C(C)C. The molecule has 2 saturated carbocycles. The van der Waals surface area contributed by atoms with Gasteiger partial charge in [-0.25, -0.2) is 0 Å². The van der Waals surface area contributed by atoms with Crippen LogP contribution in [0.5, 0.6) is 0 Å². The molecule has 4 atom stereocenters. The van der Waals surface area contributed by atoms with E-state index in [0.717, 1.165) is 6.42 Å². The van der Waals surface area contributed by atoms with E-state index >= 15 is 0 Å². The van der Waals surface area contributed by atoms with Crippen LogP contribution in [0, 0.1) is 11.3 Å². The summed E-state index contributed by atoms with van der Waals surface area (Å²) >= 11 is 0. The fourth-order valence-corrected chi connectivity index (χ4v) is 3.81. The average Bonchev–Trinajstić information content (AvgIpc) is 2.68. The smallest absolute Gasteiger partial charge is 0.225 e. The Morgan fingerprint density at radius 2 is 2.20 bits per heavy atom. The van der Waals surface area contributed by atoms with Gasteiger partial charge in [0.2, 0.25) is 5.91 Å². The Balaban J connectivity index is 1.81. The molecule has 1 heterocycles. The second-order valence-electron chi connectivity index (χ2n) is 5.67. The summed E-state index contributed by atoms with van der Waals surface area (Å²) in [6.45, 7) is 3.99. The quantitative estimate of drug-likeness (QED) is 0.688. The number of rotatable bonds is 2. The summed E-state index contributed by atoms with van der Waals surface area (Å²) in [4.78, 5) is 14.2. The van der Waals surface area contributed by atoms with Gasteiger partial charge >= 0.3 is 0 Å². The van der Waals surface area contributed by atoms with Gasteiger partial charge in [0.25, 0.3) is 0 Å². The van der Waals surface area contributed by atoms with E-state index in [2.05, 4.69) is 4.90 Å². The standard InChI is InChI=1S/C12H19NO2/c1-7(2)11(14)13-8-4-10(15-3)12(5-8)6-9(12)13/h7-10H,4-6H2,1-3H3. The normalized spacial score (nSPS) is 46.1. The predicted molar refractivity (Wildman–Crippen MR) is 56.3 cm³/mol. The molecule has 0 aromatic rings. The predicted octanol–water partition coefficient (Wildman–Crippen LogP) is 1.42. The highest BCUT2D eigenvalue weighted by molar-refractivity contribution is 5.80. The third-order valence-electron chi connectivity index (χ3n) is 4.58. The van der Waals surface area contributed by atoms with Crippen LogP contribution in [0.1, 0.15) is 33.1 Å². The Kier molecular flexibility index (Phi) is 1.77. The highest BCUT2D eigenvalue weighted by Crippen LogP contribution is 2.68. The number of methoxy groups -OCH3 is 1. The number of carbonyl (C=O) groups excluding carboxylic acids is 1. The minimum Gasteiger partial charge on any atom is -0.381 e. The summed E-state index contributed by atoms with van der Waals surface area (Å²) in [5, 5.41) is 0. The van der Waals surface area contributed by atoms with Crippen LogP contribution in [0.25, 0.3) is 0 Å². The van der Waals surface area contributed by atoms with E-state index in [-0.39, 0.29) is 5.92 Å². The van der Waals surface area contributed by atoms with Crippen molar-refractivity contribution in [3.05, 3.63) is 0 Å². The van der Waals surface area contributed by atoms with Crippen molar-refractivity contribution in [3.63, 3.8) is 0 Å². The lowest BCUT2D eigenvalue weighted by atomic mass is 10.0. The second kappa shape index (κ2) is 2.76. The third kappa shape index (κ3) is 1.02. The highest BCUT2D eigenvalue weighted by atomic mass is 16.5. The lowest BCUT2D eigenvalue weighted by Gasteiger charge is -2.32. The number of fused-ring (bicyclic) bond motifs is 1. The molecule has 1 amide bonds. The van der Waals surface area contributed by atoms with Crippen molar-refractivity contribution in [2.24, 2.45) is 11.3 Å². The van der Waals surface area contributed by atoms with E-state index in [0.29, 0.717) is 29.5 Å². The van der Waals surface area contributed by atoms with Gasteiger partial charge in [-0.1, -0.05) is 13.8 Å². The van der Waals surface area contributed by atoms with Crippen molar-refractivity contribution in [1.29, 1.82) is 0 Å². The zero-order valence-corrected chi connectivity index (χ0v) is 9.69. The van der Waals surface area contributed by atoms with Crippen molar-refractivity contribution in [3.8, 4) is 0 Å². The van der Waals surface area contributed by atoms with Crippen molar-refractivity contribution in [2.75, 3.05) is 7.11 Å². The fourth-order valence-electron chi connectivity index (χ4n) is 3.81. The first kappa shape index (κ1) is 9.64. The number of amides is 1. The Morgan fingerprint density at radius 3 is 2.73 bits per heavy atom. The number of carbonyl (C=O) groups is 1. The van der Waals surface area contributed by atoms with Crippen LogP contribution in [-0.4, -0.2) is 36.1 Å². The Labute approximate surface area is 90.8 Å². The molecule has 1 aliphatic heterocycles. The van der Waals surface area contributed by atoms with Gasteiger partial charge in [-0.05, 0) is 19.3 Å². The van der Waals surface area contributed by atoms with Gasteiger partial charge in [0.1, 0.15) is 0 Å². The number of piperidine rings is 2. The van der Waals surface area contributed by atoms with Crippen LogP contribution in [0.3, 0.4) is 0 Å². The van der Waals surface area contributed by atoms with Crippen molar-refractivity contribution in [2.45, 2.75) is 51.3 Å². The van der Waals surface area contributed by atoms with Crippen LogP contribution in [-0.2, 0) is 9.53 Å². The van der Waals surface area contributed by atoms with Crippen molar-refractivity contribution < 1.29 is 9.53 Å². The summed E-state index contributed by atoms with van der Waals surface area (Å²) < 4.78 is 5.54. The summed E-state index contributed by atoms with van der Waals surface area (Å²) in [5.41, 5.74) is 0.365. The number of hydrogen-bond acceptors (Lipinski definition) is 2. The Bertz CT molecular complexity index is 313. The van der Waals surface area contributed by atoms with E-state index in [9.17, 15) is 4.79 Å². The number of ether oxygens (including phenoxy) is 1. The molecule has 0 N–H and O–H groups in total.